The lowest BCUT2D eigenvalue weighted by molar-refractivity contribution is 0.224. The summed E-state index contributed by atoms with van der Waals surface area (Å²) >= 11 is 0. The molecule has 2 aromatic heterocycles. The third kappa shape index (κ3) is 4.12. The van der Waals surface area contributed by atoms with E-state index in [-0.39, 0.29) is 12.0 Å². The predicted molar refractivity (Wildman–Crippen MR) is 179 cm³/mol. The van der Waals surface area contributed by atoms with Gasteiger partial charge in [0, 0.05) is 44.8 Å². The minimum absolute atomic E-state index is 0.0749. The first-order valence-electron chi connectivity index (χ1n) is 15.3. The van der Waals surface area contributed by atoms with Crippen LogP contribution in [0.5, 0.6) is 5.75 Å². The molecule has 45 heavy (non-hydrogen) atoms. The molecule has 0 amide bonds. The van der Waals surface area contributed by atoms with Gasteiger partial charge in [0.05, 0.1) is 11.2 Å². The van der Waals surface area contributed by atoms with E-state index in [1.165, 1.54) is 22.2 Å². The number of fused-ring (bicyclic) bond motifs is 7. The summed E-state index contributed by atoms with van der Waals surface area (Å²) in [5, 5.41) is 1.22. The zero-order valence-corrected chi connectivity index (χ0v) is 24.6. The summed E-state index contributed by atoms with van der Waals surface area (Å²) in [6.07, 6.45) is 4.45. The molecule has 0 N–H and O–H groups in total. The van der Waals surface area contributed by atoms with Gasteiger partial charge in [0.2, 0.25) is 0 Å². The van der Waals surface area contributed by atoms with Crippen LogP contribution in [0.25, 0.3) is 56.8 Å². The fourth-order valence-electron chi connectivity index (χ4n) is 6.84. The number of ether oxygens (including phenoxy) is 1. The molecule has 3 heterocycles. The Morgan fingerprint density at radius 2 is 1.24 bits per heavy atom. The standard InChI is InChI=1S/C40H28N4O/c1-25-23-35-32(24-31(25)40-42-38(26-13-5-2-6-14-26)41-39(43-40)27-15-7-3-8-16-27)29-21-22-34-36(37(29)45-35)30-19-11-12-20-33(30)44(34)28-17-9-4-10-18-28/h2-24,29,37H,1H3. The number of benzene rings is 5. The lowest BCUT2D eigenvalue weighted by Crippen LogP contribution is -2.13. The number of para-hydroxylation sites is 2. The summed E-state index contributed by atoms with van der Waals surface area (Å²) in [6.45, 7) is 2.11. The zero-order chi connectivity index (χ0) is 29.9. The van der Waals surface area contributed by atoms with E-state index in [1.54, 1.807) is 0 Å². The van der Waals surface area contributed by atoms with Crippen LogP contribution in [0.15, 0.2) is 133 Å². The van der Waals surface area contributed by atoms with Crippen LogP contribution in [0, 0.1) is 6.92 Å². The first-order valence-corrected chi connectivity index (χ1v) is 15.3. The fourth-order valence-corrected chi connectivity index (χ4v) is 6.84. The molecule has 9 rings (SSSR count). The molecule has 214 valence electrons. The van der Waals surface area contributed by atoms with Gasteiger partial charge < -0.3 is 9.30 Å². The molecule has 0 saturated heterocycles. The highest BCUT2D eigenvalue weighted by Gasteiger charge is 2.40. The molecule has 0 saturated carbocycles. The summed E-state index contributed by atoms with van der Waals surface area (Å²) in [4.78, 5) is 14.9. The Balaban J connectivity index is 1.19. The van der Waals surface area contributed by atoms with Crippen LogP contribution in [0.2, 0.25) is 0 Å². The van der Waals surface area contributed by atoms with Crippen molar-refractivity contribution in [2.24, 2.45) is 0 Å². The number of aromatic nitrogens is 4. The SMILES string of the molecule is Cc1cc2c(cc1-c1nc(-c3ccccc3)nc(-c3ccccc3)n1)C1C=Cc3c(c4ccccc4n3-c3ccccc3)C1O2. The summed E-state index contributed by atoms with van der Waals surface area (Å²) in [7, 11) is 0. The van der Waals surface area contributed by atoms with Gasteiger partial charge in [-0.2, -0.15) is 0 Å². The Labute approximate surface area is 261 Å². The average Bonchev–Trinajstić information content (AvgIpc) is 3.64. The van der Waals surface area contributed by atoms with Gasteiger partial charge in [-0.1, -0.05) is 103 Å². The van der Waals surface area contributed by atoms with Gasteiger partial charge >= 0.3 is 0 Å². The predicted octanol–water partition coefficient (Wildman–Crippen LogP) is 9.37. The van der Waals surface area contributed by atoms with Gasteiger partial charge in [0.25, 0.3) is 0 Å². The lowest BCUT2D eigenvalue weighted by Gasteiger charge is -2.22. The minimum Gasteiger partial charge on any atom is -0.484 e. The van der Waals surface area contributed by atoms with Crippen LogP contribution in [0.4, 0.5) is 0 Å². The van der Waals surface area contributed by atoms with E-state index in [9.17, 15) is 0 Å². The van der Waals surface area contributed by atoms with Gasteiger partial charge in [-0.25, -0.2) is 15.0 Å². The topological polar surface area (TPSA) is 52.8 Å². The van der Waals surface area contributed by atoms with Crippen molar-refractivity contribution in [3.63, 3.8) is 0 Å². The van der Waals surface area contributed by atoms with Crippen molar-refractivity contribution in [1.82, 2.24) is 19.5 Å². The molecule has 2 aliphatic rings. The van der Waals surface area contributed by atoms with Gasteiger partial charge in [0.1, 0.15) is 11.9 Å². The highest BCUT2D eigenvalue weighted by atomic mass is 16.5. The molecule has 0 bridgehead atoms. The van der Waals surface area contributed by atoms with Gasteiger partial charge in [-0.05, 0) is 48.9 Å². The average molecular weight is 581 g/mol. The van der Waals surface area contributed by atoms with Crippen molar-refractivity contribution >= 4 is 17.0 Å². The largest absolute Gasteiger partial charge is 0.484 e. The zero-order valence-electron chi connectivity index (χ0n) is 24.6. The van der Waals surface area contributed by atoms with Crippen molar-refractivity contribution in [2.75, 3.05) is 0 Å². The minimum atomic E-state index is -0.123. The maximum absolute atomic E-state index is 6.83. The van der Waals surface area contributed by atoms with E-state index in [0.29, 0.717) is 17.5 Å². The highest BCUT2D eigenvalue weighted by Crippen LogP contribution is 2.54. The molecule has 7 aromatic rings. The maximum atomic E-state index is 6.83. The second-order valence-corrected chi connectivity index (χ2v) is 11.7. The van der Waals surface area contributed by atoms with E-state index >= 15 is 0 Å². The van der Waals surface area contributed by atoms with Crippen LogP contribution >= 0.6 is 0 Å². The van der Waals surface area contributed by atoms with Crippen molar-refractivity contribution in [3.8, 4) is 45.6 Å². The second kappa shape index (κ2) is 10.1. The molecular weight excluding hydrogens is 552 g/mol. The van der Waals surface area contributed by atoms with Crippen molar-refractivity contribution in [3.05, 3.63) is 156 Å². The van der Waals surface area contributed by atoms with E-state index in [0.717, 1.165) is 39.3 Å². The summed E-state index contributed by atoms with van der Waals surface area (Å²) in [6, 6.07) is 43.8. The van der Waals surface area contributed by atoms with Crippen LogP contribution < -0.4 is 4.74 Å². The molecule has 5 nitrogen and oxygen atoms in total. The molecule has 1 aliphatic carbocycles. The Morgan fingerprint density at radius 3 is 1.93 bits per heavy atom. The van der Waals surface area contributed by atoms with E-state index in [4.69, 9.17) is 19.7 Å². The van der Waals surface area contributed by atoms with Crippen LogP contribution in [-0.2, 0) is 0 Å². The molecule has 2 atom stereocenters. The molecular formula is C40H28N4O. The van der Waals surface area contributed by atoms with Crippen molar-refractivity contribution in [2.45, 2.75) is 18.9 Å². The van der Waals surface area contributed by atoms with Crippen molar-refractivity contribution in [1.29, 1.82) is 0 Å². The van der Waals surface area contributed by atoms with Crippen LogP contribution in [0.3, 0.4) is 0 Å². The first-order chi connectivity index (χ1) is 22.2. The number of hydrogen-bond acceptors (Lipinski definition) is 4. The Bertz CT molecular complexity index is 2200. The molecule has 1 aliphatic heterocycles. The second-order valence-electron chi connectivity index (χ2n) is 11.7. The van der Waals surface area contributed by atoms with E-state index in [2.05, 4.69) is 90.4 Å². The molecule has 5 heteroatoms. The van der Waals surface area contributed by atoms with Gasteiger partial charge in [0.15, 0.2) is 17.5 Å². The van der Waals surface area contributed by atoms with E-state index in [1.807, 2.05) is 60.7 Å². The number of nitrogens with zero attached hydrogens (tertiary/aromatic N) is 4. The van der Waals surface area contributed by atoms with Gasteiger partial charge in [-0.3, -0.25) is 0 Å². The number of aryl methyl sites for hydroxylation is 1. The quantitative estimate of drug-likeness (QED) is 0.208. The van der Waals surface area contributed by atoms with Crippen LogP contribution in [0.1, 0.15) is 34.4 Å². The third-order valence-corrected chi connectivity index (χ3v) is 8.95. The third-order valence-electron chi connectivity index (χ3n) is 8.95. The number of rotatable bonds is 4. The highest BCUT2D eigenvalue weighted by molar-refractivity contribution is 5.92. The summed E-state index contributed by atoms with van der Waals surface area (Å²) in [5.41, 5.74) is 9.85. The molecule has 0 spiro atoms. The Kier molecular flexibility index (Phi) is 5.78. The summed E-state index contributed by atoms with van der Waals surface area (Å²) < 4.78 is 9.18. The normalized spacial score (nSPS) is 16.2. The monoisotopic (exact) mass is 580 g/mol. The van der Waals surface area contributed by atoms with Crippen molar-refractivity contribution < 1.29 is 4.74 Å². The Morgan fingerprint density at radius 1 is 0.644 bits per heavy atom. The molecule has 0 radical (unpaired) electrons. The molecule has 5 aromatic carbocycles. The Hall–Kier alpha value is -5.81. The summed E-state index contributed by atoms with van der Waals surface area (Å²) in [5.74, 6) is 2.97. The van der Waals surface area contributed by atoms with Crippen LogP contribution in [-0.4, -0.2) is 19.5 Å². The van der Waals surface area contributed by atoms with Gasteiger partial charge in [-0.15, -0.1) is 0 Å². The smallest absolute Gasteiger partial charge is 0.164 e. The first kappa shape index (κ1) is 25.7. The lowest BCUT2D eigenvalue weighted by atomic mass is 9.84. The maximum Gasteiger partial charge on any atom is 0.164 e. The fraction of sp³-hybridized carbons (Fsp3) is 0.0750. The number of hydrogen-bond donors (Lipinski definition) is 0. The van der Waals surface area contributed by atoms with E-state index < -0.39 is 0 Å². The molecule has 2 unspecified atom stereocenters. The molecule has 0 fully saturated rings.